The van der Waals surface area contributed by atoms with E-state index >= 15 is 0 Å². The van der Waals surface area contributed by atoms with Crippen molar-refractivity contribution in [2.24, 2.45) is 5.41 Å². The van der Waals surface area contributed by atoms with Crippen LogP contribution in [0.25, 0.3) is 0 Å². The van der Waals surface area contributed by atoms with E-state index in [1.807, 2.05) is 25.1 Å². The fourth-order valence-electron chi connectivity index (χ4n) is 1.56. The molecular weight excluding hydrogens is 200 g/mol. The highest BCUT2D eigenvalue weighted by atomic mass is 15.3. The molecule has 0 amide bonds. The summed E-state index contributed by atoms with van der Waals surface area (Å²) in [7, 11) is 5.96. The monoisotopic (exact) mass is 222 g/mol. The quantitative estimate of drug-likeness (QED) is 0.783. The predicted octanol–water partition coefficient (Wildman–Crippen LogP) is 2.02. The molecule has 0 spiro atoms. The summed E-state index contributed by atoms with van der Waals surface area (Å²) in [4.78, 5) is 12.8. The van der Waals surface area contributed by atoms with Crippen LogP contribution in [0.2, 0.25) is 0 Å². The van der Waals surface area contributed by atoms with Crippen LogP contribution in [-0.2, 0) is 0 Å². The van der Waals surface area contributed by atoms with Crippen LogP contribution in [0.3, 0.4) is 0 Å². The Morgan fingerprint density at radius 2 is 1.81 bits per heavy atom. The molecule has 0 aromatic carbocycles. The molecule has 4 nitrogen and oxygen atoms in total. The van der Waals surface area contributed by atoms with Crippen LogP contribution in [0.4, 0.5) is 11.8 Å². The summed E-state index contributed by atoms with van der Waals surface area (Å²) in [6, 6.07) is 1.94. The molecule has 0 unspecified atom stereocenters. The highest BCUT2D eigenvalue weighted by Gasteiger charge is 2.15. The number of rotatable bonds is 3. The molecule has 0 saturated carbocycles. The molecular formula is C12H22N4. The molecule has 0 atom stereocenters. The van der Waals surface area contributed by atoms with Crippen LogP contribution < -0.4 is 9.80 Å². The third-order valence-electron chi connectivity index (χ3n) is 2.13. The molecule has 0 radical (unpaired) electrons. The highest BCUT2D eigenvalue weighted by Crippen LogP contribution is 2.19. The average Bonchev–Trinajstić information content (AvgIpc) is 2.15. The highest BCUT2D eigenvalue weighted by molar-refractivity contribution is 5.42. The molecule has 1 aromatic heterocycles. The molecule has 0 aliphatic rings. The van der Waals surface area contributed by atoms with Gasteiger partial charge in [0.15, 0.2) is 0 Å². The van der Waals surface area contributed by atoms with Gasteiger partial charge in [-0.05, 0) is 11.5 Å². The van der Waals surface area contributed by atoms with E-state index in [1.54, 1.807) is 6.20 Å². The number of nitrogens with zero attached hydrogens (tertiary/aromatic N) is 4. The van der Waals surface area contributed by atoms with Crippen molar-refractivity contribution in [2.75, 3.05) is 37.5 Å². The molecule has 0 fully saturated rings. The molecule has 4 heteroatoms. The average molecular weight is 222 g/mol. The topological polar surface area (TPSA) is 32.3 Å². The first-order valence-electron chi connectivity index (χ1n) is 5.51. The van der Waals surface area contributed by atoms with Crippen LogP contribution in [0.5, 0.6) is 0 Å². The lowest BCUT2D eigenvalue weighted by Crippen LogP contribution is -2.30. The predicted molar refractivity (Wildman–Crippen MR) is 69.1 cm³/mol. The van der Waals surface area contributed by atoms with Crippen molar-refractivity contribution >= 4 is 11.8 Å². The lowest BCUT2D eigenvalue weighted by molar-refractivity contribution is 0.418. The van der Waals surface area contributed by atoms with Gasteiger partial charge < -0.3 is 9.80 Å². The third kappa shape index (κ3) is 3.68. The zero-order valence-corrected chi connectivity index (χ0v) is 11.2. The second-order valence-corrected chi connectivity index (χ2v) is 5.53. The largest absolute Gasteiger partial charge is 0.359 e. The minimum absolute atomic E-state index is 0.262. The van der Waals surface area contributed by atoms with Crippen molar-refractivity contribution in [1.29, 1.82) is 0 Å². The van der Waals surface area contributed by atoms with Crippen LogP contribution >= 0.6 is 0 Å². The van der Waals surface area contributed by atoms with Gasteiger partial charge in [-0.3, -0.25) is 0 Å². The van der Waals surface area contributed by atoms with Gasteiger partial charge in [0.05, 0.1) is 0 Å². The summed E-state index contributed by atoms with van der Waals surface area (Å²) in [6.45, 7) is 7.63. The Morgan fingerprint density at radius 1 is 1.19 bits per heavy atom. The zero-order valence-electron chi connectivity index (χ0n) is 11.2. The Balaban J connectivity index is 2.83. The fraction of sp³-hybridized carbons (Fsp3) is 0.667. The molecule has 0 N–H and O–H groups in total. The van der Waals surface area contributed by atoms with Gasteiger partial charge in [0.2, 0.25) is 5.95 Å². The maximum Gasteiger partial charge on any atom is 0.226 e. The van der Waals surface area contributed by atoms with Crippen molar-refractivity contribution in [3.8, 4) is 0 Å². The van der Waals surface area contributed by atoms with Gasteiger partial charge in [0.1, 0.15) is 5.82 Å². The van der Waals surface area contributed by atoms with Crippen molar-refractivity contribution in [1.82, 2.24) is 9.97 Å². The van der Waals surface area contributed by atoms with E-state index in [0.29, 0.717) is 0 Å². The van der Waals surface area contributed by atoms with Crippen LogP contribution in [0.1, 0.15) is 20.8 Å². The first kappa shape index (κ1) is 12.7. The lowest BCUT2D eigenvalue weighted by Gasteiger charge is -2.27. The smallest absolute Gasteiger partial charge is 0.226 e. The van der Waals surface area contributed by atoms with Crippen molar-refractivity contribution < 1.29 is 0 Å². The van der Waals surface area contributed by atoms with E-state index in [-0.39, 0.29) is 5.41 Å². The minimum atomic E-state index is 0.262. The SMILES string of the molecule is CN(C)c1nccc(N(C)CC(C)(C)C)n1. The van der Waals surface area contributed by atoms with Gasteiger partial charge in [0.25, 0.3) is 0 Å². The number of anilines is 2. The lowest BCUT2D eigenvalue weighted by atomic mass is 9.96. The Labute approximate surface area is 98.3 Å². The fourth-order valence-corrected chi connectivity index (χ4v) is 1.56. The molecule has 0 bridgehead atoms. The summed E-state index contributed by atoms with van der Waals surface area (Å²) >= 11 is 0. The van der Waals surface area contributed by atoms with Gasteiger partial charge in [-0.15, -0.1) is 0 Å². The van der Waals surface area contributed by atoms with Gasteiger partial charge in [-0.25, -0.2) is 4.98 Å². The molecule has 1 rings (SSSR count). The standard InChI is InChI=1S/C12H22N4/c1-12(2,3)9-16(6)10-7-8-13-11(14-10)15(4)5/h7-8H,9H2,1-6H3. The summed E-state index contributed by atoms with van der Waals surface area (Å²) in [5, 5.41) is 0. The van der Waals surface area contributed by atoms with Crippen molar-refractivity contribution in [2.45, 2.75) is 20.8 Å². The van der Waals surface area contributed by atoms with Crippen LogP contribution in [0, 0.1) is 5.41 Å². The summed E-state index contributed by atoms with van der Waals surface area (Å²) < 4.78 is 0. The molecule has 0 saturated heterocycles. The molecule has 16 heavy (non-hydrogen) atoms. The van der Waals surface area contributed by atoms with E-state index in [0.717, 1.165) is 18.3 Å². The Hall–Kier alpha value is -1.32. The van der Waals surface area contributed by atoms with Gasteiger partial charge in [-0.1, -0.05) is 20.8 Å². The van der Waals surface area contributed by atoms with E-state index < -0.39 is 0 Å². The molecule has 0 aliphatic carbocycles. The van der Waals surface area contributed by atoms with Gasteiger partial charge >= 0.3 is 0 Å². The maximum absolute atomic E-state index is 4.50. The van der Waals surface area contributed by atoms with Crippen LogP contribution in [-0.4, -0.2) is 37.7 Å². The van der Waals surface area contributed by atoms with Crippen LogP contribution in [0.15, 0.2) is 12.3 Å². The van der Waals surface area contributed by atoms with E-state index in [1.165, 1.54) is 0 Å². The molecule has 0 aliphatic heterocycles. The summed E-state index contributed by atoms with van der Waals surface area (Å²) in [5.41, 5.74) is 0.262. The van der Waals surface area contributed by atoms with E-state index in [4.69, 9.17) is 0 Å². The van der Waals surface area contributed by atoms with Gasteiger partial charge in [-0.2, -0.15) is 4.98 Å². The summed E-state index contributed by atoms with van der Waals surface area (Å²) in [6.07, 6.45) is 1.80. The molecule has 1 heterocycles. The number of aromatic nitrogens is 2. The number of hydrogen-bond acceptors (Lipinski definition) is 4. The maximum atomic E-state index is 4.50. The Kier molecular flexibility index (Phi) is 3.73. The zero-order chi connectivity index (χ0) is 12.3. The van der Waals surface area contributed by atoms with Crippen molar-refractivity contribution in [3.63, 3.8) is 0 Å². The van der Waals surface area contributed by atoms with E-state index in [2.05, 4.69) is 42.7 Å². The van der Waals surface area contributed by atoms with E-state index in [9.17, 15) is 0 Å². The Morgan fingerprint density at radius 3 is 2.31 bits per heavy atom. The number of hydrogen-bond donors (Lipinski definition) is 0. The first-order valence-corrected chi connectivity index (χ1v) is 5.51. The second kappa shape index (κ2) is 4.68. The van der Waals surface area contributed by atoms with Gasteiger partial charge in [0, 0.05) is 33.9 Å². The second-order valence-electron chi connectivity index (χ2n) is 5.53. The molecule has 1 aromatic rings. The van der Waals surface area contributed by atoms with Crippen molar-refractivity contribution in [3.05, 3.63) is 12.3 Å². The minimum Gasteiger partial charge on any atom is -0.359 e. The first-order chi connectivity index (χ1) is 7.29. The Bertz CT molecular complexity index is 341. The normalized spacial score (nSPS) is 11.4. The molecule has 90 valence electrons. The summed E-state index contributed by atoms with van der Waals surface area (Å²) in [5.74, 6) is 1.71. The third-order valence-corrected chi connectivity index (χ3v) is 2.13.